The number of aliphatic imine (C=N–C) groups is 1. The van der Waals surface area contributed by atoms with Gasteiger partial charge in [-0.15, -0.1) is 11.3 Å². The molecule has 1 atom stereocenters. The fraction of sp³-hybridized carbons (Fsp3) is 0.235. The van der Waals surface area contributed by atoms with E-state index < -0.39 is 0 Å². The van der Waals surface area contributed by atoms with Gasteiger partial charge in [0.25, 0.3) is 0 Å². The Hall–Kier alpha value is -1.83. The number of hydrogen-bond acceptors (Lipinski definition) is 6. The second kappa shape index (κ2) is 8.03. The summed E-state index contributed by atoms with van der Waals surface area (Å²) in [5.74, 6) is 1.25. The van der Waals surface area contributed by atoms with Crippen LogP contribution in [0.5, 0.6) is 0 Å². The molecule has 0 unspecified atom stereocenters. The predicted octanol–water partition coefficient (Wildman–Crippen LogP) is 4.09. The Morgan fingerprint density at radius 2 is 2.20 bits per heavy atom. The molecule has 5 nitrogen and oxygen atoms in total. The van der Waals surface area contributed by atoms with E-state index in [1.165, 1.54) is 11.3 Å². The molecule has 1 fully saturated rings. The lowest BCUT2D eigenvalue weighted by molar-refractivity contribution is -0.103. The van der Waals surface area contributed by atoms with Crippen molar-refractivity contribution in [3.05, 3.63) is 57.3 Å². The van der Waals surface area contributed by atoms with E-state index in [0.29, 0.717) is 15.9 Å². The summed E-state index contributed by atoms with van der Waals surface area (Å²) >= 11 is 9.04. The summed E-state index contributed by atoms with van der Waals surface area (Å²) in [6.07, 6.45) is 2.58. The molecule has 0 saturated carbocycles. The quantitative estimate of drug-likeness (QED) is 0.435. The largest absolute Gasteiger partial charge is 0.482 e. The third-order valence-electron chi connectivity index (χ3n) is 3.75. The van der Waals surface area contributed by atoms with E-state index in [4.69, 9.17) is 16.3 Å². The molecule has 8 heteroatoms. The van der Waals surface area contributed by atoms with Gasteiger partial charge in [0.15, 0.2) is 15.9 Å². The molecule has 0 N–H and O–H groups in total. The van der Waals surface area contributed by atoms with Crippen molar-refractivity contribution in [2.24, 2.45) is 4.99 Å². The van der Waals surface area contributed by atoms with Crippen LogP contribution in [0.4, 0.5) is 0 Å². The number of benzene rings is 1. The topological polar surface area (TPSA) is 54.8 Å². The van der Waals surface area contributed by atoms with E-state index in [2.05, 4.69) is 9.98 Å². The predicted molar refractivity (Wildman–Crippen MR) is 104 cm³/mol. The number of aromatic nitrogens is 1. The molecule has 25 heavy (non-hydrogen) atoms. The lowest BCUT2D eigenvalue weighted by atomic mass is 10.1. The zero-order chi connectivity index (χ0) is 17.8. The molecule has 1 saturated heterocycles. The second-order valence-corrected chi connectivity index (χ2v) is 7.76. The molecule has 1 aliphatic heterocycles. The van der Waals surface area contributed by atoms with E-state index in [9.17, 15) is 4.79 Å². The minimum atomic E-state index is -0.0395. The van der Waals surface area contributed by atoms with Crippen molar-refractivity contribution < 1.29 is 9.53 Å². The lowest BCUT2D eigenvalue weighted by Crippen LogP contribution is -2.29. The Bertz CT molecular complexity index is 820. The summed E-state index contributed by atoms with van der Waals surface area (Å²) in [6, 6.07) is 9.41. The summed E-state index contributed by atoms with van der Waals surface area (Å²) in [7, 11) is 3.29. The monoisotopic (exact) mass is 393 g/mol. The molecule has 2 heterocycles. The number of nitrogens with zero attached hydrogens (tertiary/aromatic N) is 3. The summed E-state index contributed by atoms with van der Waals surface area (Å²) in [5.41, 5.74) is 1.27. The van der Waals surface area contributed by atoms with Crippen molar-refractivity contribution in [2.45, 2.75) is 6.04 Å². The highest BCUT2D eigenvalue weighted by Gasteiger charge is 2.37. The van der Waals surface area contributed by atoms with Crippen molar-refractivity contribution in [1.82, 2.24) is 9.88 Å². The maximum Gasteiger partial charge on any atom is 0.207 e. The maximum atomic E-state index is 11.9. The molecule has 1 aromatic carbocycles. The van der Waals surface area contributed by atoms with Crippen LogP contribution in [-0.4, -0.2) is 41.2 Å². The number of amidine groups is 1. The van der Waals surface area contributed by atoms with Gasteiger partial charge in [-0.3, -0.25) is 14.7 Å². The minimum absolute atomic E-state index is 0.0395. The first-order valence-electron chi connectivity index (χ1n) is 7.48. The number of hydrogen-bond donors (Lipinski definition) is 0. The van der Waals surface area contributed by atoms with Crippen LogP contribution in [0.25, 0.3) is 5.57 Å². The minimum Gasteiger partial charge on any atom is -0.482 e. The number of methoxy groups -OCH3 is 1. The SMILES string of the molecule is C/N=C1\SC[C@H](c2cnc(Cl)s2)N1/C(OC)=C(\C=O)c1ccccc1. The summed E-state index contributed by atoms with van der Waals surface area (Å²) in [5, 5.41) is 0.793. The van der Waals surface area contributed by atoms with Crippen LogP contribution in [0, 0.1) is 0 Å². The van der Waals surface area contributed by atoms with E-state index in [1.54, 1.807) is 32.1 Å². The molecule has 0 spiro atoms. The normalized spacial score (nSPS) is 19.9. The smallest absolute Gasteiger partial charge is 0.207 e. The van der Waals surface area contributed by atoms with Crippen LogP contribution >= 0.6 is 34.7 Å². The number of ether oxygens (including phenoxy) is 1. The first-order valence-corrected chi connectivity index (χ1v) is 9.66. The van der Waals surface area contributed by atoms with Crippen molar-refractivity contribution in [3.63, 3.8) is 0 Å². The third kappa shape index (κ3) is 3.58. The van der Waals surface area contributed by atoms with Gasteiger partial charge in [-0.25, -0.2) is 4.98 Å². The van der Waals surface area contributed by atoms with Crippen molar-refractivity contribution in [3.8, 4) is 0 Å². The van der Waals surface area contributed by atoms with Crippen LogP contribution in [0.3, 0.4) is 0 Å². The van der Waals surface area contributed by atoms with Gasteiger partial charge in [-0.2, -0.15) is 0 Å². The van der Waals surface area contributed by atoms with Crippen LogP contribution < -0.4 is 0 Å². The van der Waals surface area contributed by atoms with Gasteiger partial charge in [0.05, 0.1) is 18.7 Å². The summed E-state index contributed by atoms with van der Waals surface area (Å²) in [6.45, 7) is 0. The molecule has 0 radical (unpaired) electrons. The standard InChI is InChI=1S/C17H16ClN3O2S2/c1-19-17-21(13(10-24-17)14-8-20-16(18)25-14)15(23-2)12(9-22)11-6-4-3-5-7-11/h3-9,13H,10H2,1-2H3/b15-12-,19-17-/t13-/m1/s1. The molecule has 130 valence electrons. The van der Waals surface area contributed by atoms with Crippen LogP contribution in [-0.2, 0) is 9.53 Å². The highest BCUT2D eigenvalue weighted by molar-refractivity contribution is 8.14. The molecule has 0 aliphatic carbocycles. The number of allylic oxidation sites excluding steroid dienone is 1. The van der Waals surface area contributed by atoms with Gasteiger partial charge in [0, 0.05) is 23.9 Å². The third-order valence-corrected chi connectivity index (χ3v) is 6.08. The molecule has 1 aromatic heterocycles. The van der Waals surface area contributed by atoms with Gasteiger partial charge in [0.2, 0.25) is 5.88 Å². The molecule has 3 rings (SSSR count). The summed E-state index contributed by atoms with van der Waals surface area (Å²) in [4.78, 5) is 23.3. The Kier molecular flexibility index (Phi) is 5.78. The van der Waals surface area contributed by atoms with Gasteiger partial charge < -0.3 is 4.74 Å². The zero-order valence-corrected chi connectivity index (χ0v) is 16.1. The average Bonchev–Trinajstić information content (AvgIpc) is 3.26. The van der Waals surface area contributed by atoms with Crippen LogP contribution in [0.2, 0.25) is 4.47 Å². The number of carbonyl (C=O) groups excluding carboxylic acids is 1. The maximum absolute atomic E-state index is 11.9. The van der Waals surface area contributed by atoms with Gasteiger partial charge in [0.1, 0.15) is 0 Å². The van der Waals surface area contributed by atoms with Gasteiger partial charge >= 0.3 is 0 Å². The molecule has 0 amide bonds. The molecule has 0 bridgehead atoms. The zero-order valence-electron chi connectivity index (χ0n) is 13.7. The fourth-order valence-electron chi connectivity index (χ4n) is 2.66. The van der Waals surface area contributed by atoms with E-state index in [-0.39, 0.29) is 6.04 Å². The second-order valence-electron chi connectivity index (χ2n) is 5.13. The summed E-state index contributed by atoms with van der Waals surface area (Å²) < 4.78 is 6.15. The van der Waals surface area contributed by atoms with Crippen molar-refractivity contribution in [1.29, 1.82) is 0 Å². The Balaban J connectivity index is 2.12. The molecular formula is C17H16ClN3O2S2. The first kappa shape index (κ1) is 18.0. The molecular weight excluding hydrogens is 378 g/mol. The molecule has 2 aromatic rings. The lowest BCUT2D eigenvalue weighted by Gasteiger charge is -2.27. The first-order chi connectivity index (χ1) is 12.2. The number of rotatable bonds is 5. The molecule has 1 aliphatic rings. The average molecular weight is 394 g/mol. The number of aldehydes is 1. The van der Waals surface area contributed by atoms with Crippen LogP contribution in [0.1, 0.15) is 16.5 Å². The van der Waals surface area contributed by atoms with Gasteiger partial charge in [-0.05, 0) is 5.56 Å². The number of carbonyl (C=O) groups is 1. The Morgan fingerprint density at radius 3 is 2.76 bits per heavy atom. The van der Waals surface area contributed by atoms with Gasteiger partial charge in [-0.1, -0.05) is 53.7 Å². The van der Waals surface area contributed by atoms with E-state index >= 15 is 0 Å². The number of halogens is 1. The number of thioether (sulfide) groups is 1. The van der Waals surface area contributed by atoms with Crippen LogP contribution in [0.15, 0.2) is 47.4 Å². The highest BCUT2D eigenvalue weighted by atomic mass is 35.5. The van der Waals surface area contributed by atoms with E-state index in [1.807, 2.05) is 35.2 Å². The van der Waals surface area contributed by atoms with E-state index in [0.717, 1.165) is 27.6 Å². The Labute approximate surface area is 159 Å². The number of thiazole rings is 1. The Morgan fingerprint density at radius 1 is 1.44 bits per heavy atom. The highest BCUT2D eigenvalue weighted by Crippen LogP contribution is 2.42. The van der Waals surface area contributed by atoms with Crippen molar-refractivity contribution >= 4 is 51.7 Å². The fourth-order valence-corrected chi connectivity index (χ4v) is 4.92. The van der Waals surface area contributed by atoms with Crippen molar-refractivity contribution in [2.75, 3.05) is 19.9 Å².